The quantitative estimate of drug-likeness (QED) is 0.852. The number of benzene rings is 1. The van der Waals surface area contributed by atoms with Gasteiger partial charge in [0, 0.05) is 21.9 Å². The Morgan fingerprint density at radius 3 is 2.33 bits per heavy atom. The van der Waals surface area contributed by atoms with Gasteiger partial charge in [-0.1, -0.05) is 23.2 Å². The molecule has 0 spiro atoms. The van der Waals surface area contributed by atoms with Crippen LogP contribution in [0.5, 0.6) is 0 Å². The van der Waals surface area contributed by atoms with Gasteiger partial charge in [-0.15, -0.1) is 0 Å². The third-order valence-electron chi connectivity index (χ3n) is 1.81. The van der Waals surface area contributed by atoms with Gasteiger partial charge in [0.2, 0.25) is 0 Å². The fourth-order valence-corrected chi connectivity index (χ4v) is 1.76. The zero-order chi connectivity index (χ0) is 10.7. The molecule has 0 aliphatic rings. The van der Waals surface area contributed by atoms with Gasteiger partial charge in [0.15, 0.2) is 0 Å². The average Bonchev–Trinajstić information content (AvgIpc) is 2.17. The van der Waals surface area contributed by atoms with Crippen LogP contribution < -0.4 is 5.32 Å². The van der Waals surface area contributed by atoms with Gasteiger partial charge in [-0.25, -0.2) is 0 Å². The van der Waals surface area contributed by atoms with E-state index in [1.807, 2.05) is 12.1 Å². The number of nitrogens with one attached hydrogen (secondary N) is 1. The predicted octanol–water partition coefficient (Wildman–Crippen LogP) is 4.13. The minimum Gasteiger partial charge on any atom is -0.354 e. The molecular weight excluding hydrogens is 231 g/mol. The van der Waals surface area contributed by atoms with E-state index in [0.29, 0.717) is 10.0 Å². The number of anilines is 2. The molecule has 0 atom stereocenters. The maximum Gasteiger partial charge on any atom is 0.0570 e. The number of halogens is 2. The Labute approximate surface area is 97.9 Å². The molecule has 2 rings (SSSR count). The molecular formula is C11H8Cl2N2. The lowest BCUT2D eigenvalue weighted by Crippen LogP contribution is -1.90. The van der Waals surface area contributed by atoms with E-state index in [-0.39, 0.29) is 0 Å². The number of nitrogens with zero attached hydrogens (tertiary/aromatic N) is 1. The molecule has 15 heavy (non-hydrogen) atoms. The van der Waals surface area contributed by atoms with Gasteiger partial charge in [0.1, 0.15) is 0 Å². The molecule has 1 N–H and O–H groups in total. The maximum absolute atomic E-state index is 5.88. The highest BCUT2D eigenvalue weighted by molar-refractivity contribution is 6.35. The fourth-order valence-electron chi connectivity index (χ4n) is 1.23. The molecule has 0 saturated heterocycles. The van der Waals surface area contributed by atoms with E-state index in [2.05, 4.69) is 10.3 Å². The second-order valence-corrected chi connectivity index (χ2v) is 3.90. The largest absolute Gasteiger partial charge is 0.354 e. The summed E-state index contributed by atoms with van der Waals surface area (Å²) in [6, 6.07) is 9.08. The first-order valence-electron chi connectivity index (χ1n) is 4.37. The van der Waals surface area contributed by atoms with Gasteiger partial charge in [-0.2, -0.15) is 0 Å². The topological polar surface area (TPSA) is 24.9 Å². The molecule has 0 amide bonds. The van der Waals surface area contributed by atoms with Crippen molar-refractivity contribution in [3.05, 3.63) is 52.8 Å². The number of aromatic nitrogens is 1. The van der Waals surface area contributed by atoms with Crippen LogP contribution in [0.1, 0.15) is 0 Å². The van der Waals surface area contributed by atoms with Crippen molar-refractivity contribution in [1.82, 2.24) is 4.98 Å². The molecule has 1 heterocycles. The molecule has 76 valence electrons. The zero-order valence-corrected chi connectivity index (χ0v) is 9.26. The van der Waals surface area contributed by atoms with Crippen LogP contribution in [0.3, 0.4) is 0 Å². The molecule has 0 unspecified atom stereocenters. The minimum atomic E-state index is 0.605. The van der Waals surface area contributed by atoms with E-state index in [1.54, 1.807) is 30.6 Å². The van der Waals surface area contributed by atoms with Crippen LogP contribution in [-0.4, -0.2) is 4.98 Å². The van der Waals surface area contributed by atoms with E-state index >= 15 is 0 Å². The Morgan fingerprint density at radius 2 is 1.73 bits per heavy atom. The number of hydrogen-bond donors (Lipinski definition) is 1. The van der Waals surface area contributed by atoms with Gasteiger partial charge in [-0.05, 0) is 30.3 Å². The summed E-state index contributed by atoms with van der Waals surface area (Å²) in [7, 11) is 0. The summed E-state index contributed by atoms with van der Waals surface area (Å²) in [4.78, 5) is 4.00. The van der Waals surface area contributed by atoms with Crippen molar-refractivity contribution in [3.63, 3.8) is 0 Å². The van der Waals surface area contributed by atoms with E-state index in [0.717, 1.165) is 11.4 Å². The minimum absolute atomic E-state index is 0.605. The molecule has 0 saturated carbocycles. The second kappa shape index (κ2) is 4.51. The summed E-state index contributed by atoms with van der Waals surface area (Å²) in [6.07, 6.45) is 3.45. The molecule has 0 aliphatic carbocycles. The summed E-state index contributed by atoms with van der Waals surface area (Å²) in [6.45, 7) is 0. The lowest BCUT2D eigenvalue weighted by molar-refractivity contribution is 1.32. The standard InChI is InChI=1S/C11H8Cl2N2/c12-8-4-9(13)6-11(5-8)15-10-2-1-3-14-7-10/h1-7,15H. The number of rotatable bonds is 2. The SMILES string of the molecule is Clc1cc(Cl)cc(Nc2cccnc2)c1. The molecule has 0 fully saturated rings. The summed E-state index contributed by atoms with van der Waals surface area (Å²) in [5.74, 6) is 0. The summed E-state index contributed by atoms with van der Waals surface area (Å²) in [5.41, 5.74) is 1.75. The molecule has 4 heteroatoms. The Bertz CT molecular complexity index is 437. The van der Waals surface area contributed by atoms with E-state index in [1.165, 1.54) is 0 Å². The fraction of sp³-hybridized carbons (Fsp3) is 0. The highest BCUT2D eigenvalue weighted by Crippen LogP contribution is 2.24. The number of pyridine rings is 1. The van der Waals surface area contributed by atoms with Gasteiger partial charge in [-0.3, -0.25) is 4.98 Å². The first-order chi connectivity index (χ1) is 7.24. The molecule has 0 aliphatic heterocycles. The number of hydrogen-bond acceptors (Lipinski definition) is 2. The van der Waals surface area contributed by atoms with Gasteiger partial charge >= 0.3 is 0 Å². The molecule has 0 radical (unpaired) electrons. The molecule has 1 aromatic carbocycles. The first-order valence-corrected chi connectivity index (χ1v) is 5.13. The first kappa shape index (κ1) is 10.3. The van der Waals surface area contributed by atoms with Crippen LogP contribution in [0.4, 0.5) is 11.4 Å². The van der Waals surface area contributed by atoms with Crippen LogP contribution in [0.2, 0.25) is 10.0 Å². The van der Waals surface area contributed by atoms with Crippen molar-refractivity contribution in [1.29, 1.82) is 0 Å². The lowest BCUT2D eigenvalue weighted by atomic mass is 10.3. The molecule has 0 bridgehead atoms. The summed E-state index contributed by atoms with van der Waals surface area (Å²) >= 11 is 11.8. The third-order valence-corrected chi connectivity index (χ3v) is 2.25. The van der Waals surface area contributed by atoms with Crippen LogP contribution in [0, 0.1) is 0 Å². The van der Waals surface area contributed by atoms with Crippen LogP contribution >= 0.6 is 23.2 Å². The normalized spacial score (nSPS) is 10.0. The van der Waals surface area contributed by atoms with Crippen molar-refractivity contribution in [2.75, 3.05) is 5.32 Å². The van der Waals surface area contributed by atoms with E-state index in [4.69, 9.17) is 23.2 Å². The second-order valence-electron chi connectivity index (χ2n) is 3.02. The third kappa shape index (κ3) is 2.85. The molecule has 2 nitrogen and oxygen atoms in total. The summed E-state index contributed by atoms with van der Waals surface area (Å²) < 4.78 is 0. The Hall–Kier alpha value is -1.25. The van der Waals surface area contributed by atoms with Crippen molar-refractivity contribution < 1.29 is 0 Å². The highest BCUT2D eigenvalue weighted by Gasteiger charge is 1.98. The monoisotopic (exact) mass is 238 g/mol. The van der Waals surface area contributed by atoms with Crippen molar-refractivity contribution in [3.8, 4) is 0 Å². The van der Waals surface area contributed by atoms with Crippen LogP contribution in [0.25, 0.3) is 0 Å². The van der Waals surface area contributed by atoms with Crippen LogP contribution in [-0.2, 0) is 0 Å². The zero-order valence-electron chi connectivity index (χ0n) is 7.74. The maximum atomic E-state index is 5.88. The summed E-state index contributed by atoms with van der Waals surface area (Å²) in [5, 5.41) is 4.37. The van der Waals surface area contributed by atoms with E-state index in [9.17, 15) is 0 Å². The Morgan fingerprint density at radius 1 is 1.00 bits per heavy atom. The predicted molar refractivity (Wildman–Crippen MR) is 64.0 cm³/mol. The van der Waals surface area contributed by atoms with Gasteiger partial charge < -0.3 is 5.32 Å². The molecule has 2 aromatic rings. The molecule has 1 aromatic heterocycles. The van der Waals surface area contributed by atoms with Gasteiger partial charge in [0.25, 0.3) is 0 Å². The van der Waals surface area contributed by atoms with Gasteiger partial charge in [0.05, 0.1) is 11.9 Å². The average molecular weight is 239 g/mol. The van der Waals surface area contributed by atoms with E-state index < -0.39 is 0 Å². The Balaban J connectivity index is 2.25. The highest BCUT2D eigenvalue weighted by atomic mass is 35.5. The van der Waals surface area contributed by atoms with Crippen molar-refractivity contribution in [2.45, 2.75) is 0 Å². The lowest BCUT2D eigenvalue weighted by Gasteiger charge is -2.06. The van der Waals surface area contributed by atoms with Crippen molar-refractivity contribution in [2.24, 2.45) is 0 Å². The Kier molecular flexibility index (Phi) is 3.09. The smallest absolute Gasteiger partial charge is 0.0570 e. The van der Waals surface area contributed by atoms with Crippen LogP contribution in [0.15, 0.2) is 42.7 Å². The van der Waals surface area contributed by atoms with Crippen molar-refractivity contribution >= 4 is 34.6 Å².